The maximum Gasteiger partial charge on any atom is 0.341 e. The van der Waals surface area contributed by atoms with Gasteiger partial charge in [0.05, 0.1) is 11.2 Å². The third-order valence-electron chi connectivity index (χ3n) is 7.71. The molecular weight excluding hydrogens is 591 g/mol. The average Bonchev–Trinajstić information content (AvgIpc) is 3.81. The molecule has 8 nitrogen and oxygen atoms in total. The van der Waals surface area contributed by atoms with Gasteiger partial charge in [0.25, 0.3) is 5.91 Å². The first kappa shape index (κ1) is 27.2. The number of carbonyl (C=O) groups is 2. The van der Waals surface area contributed by atoms with E-state index in [0.29, 0.717) is 36.4 Å². The fourth-order valence-electron chi connectivity index (χ4n) is 5.31. The summed E-state index contributed by atoms with van der Waals surface area (Å²) in [6, 6.07) is 18.0. The molecule has 0 spiro atoms. The van der Waals surface area contributed by atoms with E-state index in [9.17, 15) is 19.5 Å². The number of aromatic carboxylic acids is 1. The van der Waals surface area contributed by atoms with Crippen molar-refractivity contribution in [2.75, 3.05) is 36.4 Å². The number of benzene rings is 3. The van der Waals surface area contributed by atoms with E-state index in [1.54, 1.807) is 6.07 Å². The predicted molar refractivity (Wildman–Crippen MR) is 159 cm³/mol. The first-order valence-electron chi connectivity index (χ1n) is 13.5. The van der Waals surface area contributed by atoms with Crippen molar-refractivity contribution >= 4 is 50.1 Å². The van der Waals surface area contributed by atoms with Crippen LogP contribution in [0.3, 0.4) is 0 Å². The van der Waals surface area contributed by atoms with Crippen LogP contribution in [0.25, 0.3) is 10.9 Å². The molecule has 1 aliphatic carbocycles. The lowest BCUT2D eigenvalue weighted by Crippen LogP contribution is -2.46. The van der Waals surface area contributed by atoms with Crippen LogP contribution in [0, 0.1) is 5.82 Å². The number of hydrogen-bond donors (Lipinski definition) is 2. The number of amides is 1. The van der Waals surface area contributed by atoms with Gasteiger partial charge in [0.15, 0.2) is 0 Å². The molecule has 2 heterocycles. The lowest BCUT2D eigenvalue weighted by atomic mass is 10.1. The van der Waals surface area contributed by atoms with Crippen LogP contribution in [0.4, 0.5) is 15.8 Å². The van der Waals surface area contributed by atoms with Crippen LogP contribution in [0.1, 0.15) is 45.2 Å². The number of carbonyl (C=O) groups excluding carboxylic acids is 1. The number of carboxylic acid groups (broad SMARTS) is 1. The molecule has 1 aromatic heterocycles. The minimum Gasteiger partial charge on any atom is -0.477 e. The highest BCUT2D eigenvalue weighted by atomic mass is 79.9. The largest absolute Gasteiger partial charge is 0.477 e. The molecular formula is C31H28BrFN4O4. The summed E-state index contributed by atoms with van der Waals surface area (Å²) in [4.78, 5) is 41.2. The highest BCUT2D eigenvalue weighted by Crippen LogP contribution is 2.38. The number of aromatic nitrogens is 1. The smallest absolute Gasteiger partial charge is 0.341 e. The van der Waals surface area contributed by atoms with E-state index in [0.717, 1.165) is 41.7 Å². The van der Waals surface area contributed by atoms with Gasteiger partial charge in [-0.2, -0.15) is 0 Å². The Morgan fingerprint density at radius 2 is 1.66 bits per heavy atom. The normalized spacial score (nSPS) is 15.7. The van der Waals surface area contributed by atoms with Crippen LogP contribution in [0.2, 0.25) is 0 Å². The molecule has 2 N–H and O–H groups in total. The van der Waals surface area contributed by atoms with E-state index in [1.807, 2.05) is 58.0 Å². The van der Waals surface area contributed by atoms with E-state index in [1.165, 1.54) is 12.3 Å². The molecule has 6 rings (SSSR count). The van der Waals surface area contributed by atoms with Gasteiger partial charge in [0.2, 0.25) is 5.43 Å². The van der Waals surface area contributed by atoms with Gasteiger partial charge in [-0.15, -0.1) is 0 Å². The van der Waals surface area contributed by atoms with Crippen molar-refractivity contribution in [1.29, 1.82) is 0 Å². The van der Waals surface area contributed by atoms with Gasteiger partial charge in [-0.1, -0.05) is 28.1 Å². The van der Waals surface area contributed by atoms with Gasteiger partial charge in [0, 0.05) is 66.1 Å². The van der Waals surface area contributed by atoms with Gasteiger partial charge in [0.1, 0.15) is 11.4 Å². The predicted octanol–water partition coefficient (Wildman–Crippen LogP) is 5.51. The average molecular weight is 619 g/mol. The first-order valence-corrected chi connectivity index (χ1v) is 14.3. The maximum atomic E-state index is 15.3. The highest BCUT2D eigenvalue weighted by Gasteiger charge is 2.28. The number of carboxylic acids is 1. The minimum atomic E-state index is -1.30. The summed E-state index contributed by atoms with van der Waals surface area (Å²) >= 11 is 3.39. The molecule has 1 amide bonds. The lowest BCUT2D eigenvalue weighted by Gasteiger charge is -2.36. The summed E-state index contributed by atoms with van der Waals surface area (Å²) in [5, 5.41) is 12.5. The monoisotopic (exact) mass is 618 g/mol. The lowest BCUT2D eigenvalue weighted by molar-refractivity contribution is 0.0694. The molecule has 2 aliphatic rings. The van der Waals surface area contributed by atoms with Gasteiger partial charge < -0.3 is 19.9 Å². The summed E-state index contributed by atoms with van der Waals surface area (Å²) in [6.45, 7) is 3.36. The summed E-state index contributed by atoms with van der Waals surface area (Å²) in [7, 11) is 0. The van der Waals surface area contributed by atoms with Crippen molar-refractivity contribution < 1.29 is 19.1 Å². The van der Waals surface area contributed by atoms with E-state index in [4.69, 9.17) is 0 Å². The Balaban J connectivity index is 1.12. The van der Waals surface area contributed by atoms with E-state index in [-0.39, 0.29) is 22.9 Å². The fourth-order valence-corrected chi connectivity index (χ4v) is 5.58. The number of nitrogens with zero attached hydrogens (tertiary/aromatic N) is 3. The molecule has 210 valence electrons. The number of pyridine rings is 1. The first-order chi connectivity index (χ1) is 19.8. The van der Waals surface area contributed by atoms with Crippen molar-refractivity contribution in [2.45, 2.75) is 25.4 Å². The van der Waals surface area contributed by atoms with Crippen LogP contribution in [-0.4, -0.2) is 52.6 Å². The van der Waals surface area contributed by atoms with Crippen LogP contribution >= 0.6 is 15.9 Å². The van der Waals surface area contributed by atoms with Crippen molar-refractivity contribution in [3.05, 3.63) is 104 Å². The Hall–Kier alpha value is -4.02. The highest BCUT2D eigenvalue weighted by molar-refractivity contribution is 9.10. The number of nitrogens with one attached hydrogen (secondary N) is 1. The standard InChI is InChI=1S/C31H28BrFN4O4/c32-21-5-7-22(8-6-21)34-30(39)20-3-1-19(2-4-20)17-35-11-13-36(14-12-35)28-16-27-24(15-26(28)33)29(38)25(31(40)41)18-37(27)23-9-10-23/h1-8,15-16,18,23H,9-14,17H2,(H,34,39)(H,40,41). The number of rotatable bonds is 7. The summed E-state index contributed by atoms with van der Waals surface area (Å²) in [5.41, 5.74) is 2.40. The molecule has 4 aromatic rings. The summed E-state index contributed by atoms with van der Waals surface area (Å²) in [5.74, 6) is -1.99. The SMILES string of the molecule is O=C(Nc1ccc(Br)cc1)c1ccc(CN2CCN(c3cc4c(cc3F)c(=O)c(C(=O)O)cn4C3CC3)CC2)cc1. The third kappa shape index (κ3) is 5.75. The Kier molecular flexibility index (Phi) is 7.35. The number of hydrogen-bond acceptors (Lipinski definition) is 5. The molecule has 2 fully saturated rings. The minimum absolute atomic E-state index is 0.102. The van der Waals surface area contributed by atoms with Crippen LogP contribution in [0.5, 0.6) is 0 Å². The molecule has 1 saturated carbocycles. The van der Waals surface area contributed by atoms with Gasteiger partial charge >= 0.3 is 5.97 Å². The van der Waals surface area contributed by atoms with Crippen molar-refractivity contribution in [2.24, 2.45) is 0 Å². The molecule has 0 unspecified atom stereocenters. The topological polar surface area (TPSA) is 94.9 Å². The van der Waals surface area contributed by atoms with Crippen LogP contribution in [-0.2, 0) is 6.54 Å². The van der Waals surface area contributed by atoms with E-state index < -0.39 is 17.2 Å². The zero-order valence-corrected chi connectivity index (χ0v) is 23.7. The van der Waals surface area contributed by atoms with Crippen LogP contribution in [0.15, 0.2) is 76.1 Å². The molecule has 1 saturated heterocycles. The Labute approximate surface area is 244 Å². The van der Waals surface area contributed by atoms with Crippen molar-refractivity contribution in [3.63, 3.8) is 0 Å². The zero-order valence-electron chi connectivity index (χ0n) is 22.1. The zero-order chi connectivity index (χ0) is 28.7. The number of anilines is 2. The summed E-state index contributed by atoms with van der Waals surface area (Å²) < 4.78 is 18.0. The Morgan fingerprint density at radius 3 is 2.29 bits per heavy atom. The molecule has 3 aromatic carbocycles. The van der Waals surface area contributed by atoms with Crippen LogP contribution < -0.4 is 15.6 Å². The molecule has 0 bridgehead atoms. The molecule has 10 heteroatoms. The number of piperazine rings is 1. The van der Waals surface area contributed by atoms with E-state index in [2.05, 4.69) is 26.1 Å². The summed E-state index contributed by atoms with van der Waals surface area (Å²) in [6.07, 6.45) is 3.21. The fraction of sp³-hybridized carbons (Fsp3) is 0.258. The maximum absolute atomic E-state index is 15.3. The second-order valence-corrected chi connectivity index (χ2v) is 11.5. The van der Waals surface area contributed by atoms with Crippen molar-refractivity contribution in [3.8, 4) is 0 Å². The number of fused-ring (bicyclic) bond motifs is 1. The van der Waals surface area contributed by atoms with Gasteiger partial charge in [-0.3, -0.25) is 14.5 Å². The Morgan fingerprint density at radius 1 is 0.976 bits per heavy atom. The molecule has 0 radical (unpaired) electrons. The van der Waals surface area contributed by atoms with Gasteiger partial charge in [-0.05, 0) is 66.9 Å². The second-order valence-electron chi connectivity index (χ2n) is 10.6. The van der Waals surface area contributed by atoms with Gasteiger partial charge in [-0.25, -0.2) is 9.18 Å². The van der Waals surface area contributed by atoms with Crippen molar-refractivity contribution in [1.82, 2.24) is 9.47 Å². The molecule has 1 aliphatic heterocycles. The third-order valence-corrected chi connectivity index (χ3v) is 8.24. The van der Waals surface area contributed by atoms with E-state index >= 15 is 4.39 Å². The number of halogens is 2. The molecule has 41 heavy (non-hydrogen) atoms. The quantitative estimate of drug-likeness (QED) is 0.284. The molecule has 0 atom stereocenters. The Bertz CT molecular complexity index is 1690. The second kappa shape index (κ2) is 11.1.